The van der Waals surface area contributed by atoms with Crippen molar-refractivity contribution in [1.29, 1.82) is 0 Å². The Morgan fingerprint density at radius 1 is 1.44 bits per heavy atom. The van der Waals surface area contributed by atoms with Gasteiger partial charge in [-0.1, -0.05) is 18.2 Å². The summed E-state index contributed by atoms with van der Waals surface area (Å²) in [6.07, 6.45) is 2.26. The molecule has 0 saturated carbocycles. The van der Waals surface area contributed by atoms with Crippen LogP contribution >= 0.6 is 0 Å². The highest BCUT2D eigenvalue weighted by Gasteiger charge is 2.30. The van der Waals surface area contributed by atoms with E-state index in [1.54, 1.807) is 0 Å². The van der Waals surface area contributed by atoms with E-state index < -0.39 is 0 Å². The molecule has 2 heterocycles. The lowest BCUT2D eigenvalue weighted by Crippen LogP contribution is -2.44. The van der Waals surface area contributed by atoms with Gasteiger partial charge in [0.2, 0.25) is 0 Å². The van der Waals surface area contributed by atoms with Gasteiger partial charge in [0.1, 0.15) is 0 Å². The Kier molecular flexibility index (Phi) is 3.27. The fourth-order valence-electron chi connectivity index (χ4n) is 3.17. The number of ether oxygens (including phenoxy) is 1. The Balaban J connectivity index is 1.72. The Morgan fingerprint density at radius 2 is 2.28 bits per heavy atom. The quantitative estimate of drug-likeness (QED) is 0.884. The largest absolute Gasteiger partial charge is 0.381 e. The number of nitrogens with zero attached hydrogens (tertiary/aromatic N) is 1. The van der Waals surface area contributed by atoms with E-state index in [1.165, 1.54) is 11.3 Å². The number of anilines is 1. The van der Waals surface area contributed by atoms with Crippen LogP contribution in [-0.4, -0.2) is 31.8 Å². The SMILES string of the molecule is CC1Cc2ccccc2N1CC(N)C1CCOC1. The average molecular weight is 246 g/mol. The van der Waals surface area contributed by atoms with Gasteiger partial charge in [0, 0.05) is 36.8 Å². The molecule has 3 unspecified atom stereocenters. The molecular weight excluding hydrogens is 224 g/mol. The zero-order chi connectivity index (χ0) is 12.5. The molecule has 1 fully saturated rings. The molecule has 0 amide bonds. The third-order valence-electron chi connectivity index (χ3n) is 4.33. The summed E-state index contributed by atoms with van der Waals surface area (Å²) in [7, 11) is 0. The highest BCUT2D eigenvalue weighted by atomic mass is 16.5. The van der Waals surface area contributed by atoms with Gasteiger partial charge < -0.3 is 15.4 Å². The molecule has 3 nitrogen and oxygen atoms in total. The molecule has 3 rings (SSSR count). The minimum absolute atomic E-state index is 0.223. The lowest BCUT2D eigenvalue weighted by molar-refractivity contribution is 0.181. The van der Waals surface area contributed by atoms with Crippen molar-refractivity contribution in [3.05, 3.63) is 29.8 Å². The van der Waals surface area contributed by atoms with Crippen molar-refractivity contribution in [3.8, 4) is 0 Å². The molecule has 2 aliphatic rings. The van der Waals surface area contributed by atoms with Crippen LogP contribution in [0.2, 0.25) is 0 Å². The number of para-hydroxylation sites is 1. The maximum Gasteiger partial charge on any atom is 0.0510 e. The maximum atomic E-state index is 6.36. The van der Waals surface area contributed by atoms with Crippen molar-refractivity contribution in [2.75, 3.05) is 24.7 Å². The molecule has 3 atom stereocenters. The van der Waals surface area contributed by atoms with Crippen molar-refractivity contribution < 1.29 is 4.74 Å². The highest BCUT2D eigenvalue weighted by Crippen LogP contribution is 2.32. The van der Waals surface area contributed by atoms with Crippen LogP contribution in [0.1, 0.15) is 18.9 Å². The molecule has 0 aliphatic carbocycles. The van der Waals surface area contributed by atoms with Gasteiger partial charge >= 0.3 is 0 Å². The predicted molar refractivity (Wildman–Crippen MR) is 73.9 cm³/mol. The number of fused-ring (bicyclic) bond motifs is 1. The van der Waals surface area contributed by atoms with Gasteiger partial charge in [-0.25, -0.2) is 0 Å². The molecule has 3 heteroatoms. The van der Waals surface area contributed by atoms with E-state index in [2.05, 4.69) is 36.1 Å². The van der Waals surface area contributed by atoms with Crippen molar-refractivity contribution in [3.63, 3.8) is 0 Å². The van der Waals surface area contributed by atoms with Crippen molar-refractivity contribution in [1.82, 2.24) is 0 Å². The van der Waals surface area contributed by atoms with Gasteiger partial charge in [-0.15, -0.1) is 0 Å². The summed E-state index contributed by atoms with van der Waals surface area (Å²) < 4.78 is 5.44. The second-order valence-corrected chi connectivity index (χ2v) is 5.62. The molecule has 2 N–H and O–H groups in total. The van der Waals surface area contributed by atoms with E-state index in [0.717, 1.165) is 32.6 Å². The van der Waals surface area contributed by atoms with Gasteiger partial charge in [-0.2, -0.15) is 0 Å². The molecule has 2 aliphatic heterocycles. The first-order chi connectivity index (χ1) is 8.75. The molecule has 0 radical (unpaired) electrons. The zero-order valence-corrected chi connectivity index (χ0v) is 11.0. The number of nitrogens with two attached hydrogens (primary N) is 1. The summed E-state index contributed by atoms with van der Waals surface area (Å²) in [6, 6.07) is 9.48. The van der Waals surface area contributed by atoms with Crippen LogP contribution in [0.15, 0.2) is 24.3 Å². The van der Waals surface area contributed by atoms with E-state index in [4.69, 9.17) is 10.5 Å². The Hall–Kier alpha value is -1.06. The van der Waals surface area contributed by atoms with Crippen LogP contribution in [0.25, 0.3) is 0 Å². The number of hydrogen-bond donors (Lipinski definition) is 1. The van der Waals surface area contributed by atoms with Gasteiger partial charge in [-0.05, 0) is 31.4 Å². The molecule has 1 saturated heterocycles. The van der Waals surface area contributed by atoms with Crippen LogP contribution in [0, 0.1) is 5.92 Å². The second-order valence-electron chi connectivity index (χ2n) is 5.62. The van der Waals surface area contributed by atoms with E-state index in [9.17, 15) is 0 Å². The normalized spacial score (nSPS) is 28.4. The molecule has 18 heavy (non-hydrogen) atoms. The summed E-state index contributed by atoms with van der Waals surface area (Å²) >= 11 is 0. The molecule has 1 aromatic carbocycles. The summed E-state index contributed by atoms with van der Waals surface area (Å²) in [6.45, 7) is 4.96. The topological polar surface area (TPSA) is 38.5 Å². The standard InChI is InChI=1S/C15H22N2O/c1-11-8-12-4-2-3-5-15(12)17(11)9-14(16)13-6-7-18-10-13/h2-5,11,13-14H,6-10,16H2,1H3. The first-order valence-corrected chi connectivity index (χ1v) is 6.93. The van der Waals surface area contributed by atoms with Crippen molar-refractivity contribution in [2.45, 2.75) is 31.8 Å². The summed E-state index contributed by atoms with van der Waals surface area (Å²) in [4.78, 5) is 2.47. The Labute approximate surface area is 109 Å². The van der Waals surface area contributed by atoms with E-state index in [1.807, 2.05) is 0 Å². The molecule has 1 aromatic rings. The number of hydrogen-bond acceptors (Lipinski definition) is 3. The Morgan fingerprint density at radius 3 is 3.06 bits per heavy atom. The van der Waals surface area contributed by atoms with Crippen LogP contribution in [0.4, 0.5) is 5.69 Å². The zero-order valence-electron chi connectivity index (χ0n) is 11.0. The minimum Gasteiger partial charge on any atom is -0.381 e. The Bertz CT molecular complexity index is 415. The van der Waals surface area contributed by atoms with Crippen LogP contribution < -0.4 is 10.6 Å². The summed E-state index contributed by atoms with van der Waals surface area (Å²) in [5.74, 6) is 0.532. The summed E-state index contributed by atoms with van der Waals surface area (Å²) in [5.41, 5.74) is 9.19. The van der Waals surface area contributed by atoms with E-state index in [0.29, 0.717) is 12.0 Å². The molecule has 0 bridgehead atoms. The van der Waals surface area contributed by atoms with E-state index in [-0.39, 0.29) is 6.04 Å². The molecule has 0 spiro atoms. The number of rotatable bonds is 3. The molecular formula is C15H22N2O. The second kappa shape index (κ2) is 4.90. The van der Waals surface area contributed by atoms with Gasteiger partial charge in [0.05, 0.1) is 6.61 Å². The average Bonchev–Trinajstić information content (AvgIpc) is 2.98. The summed E-state index contributed by atoms with van der Waals surface area (Å²) in [5, 5.41) is 0. The van der Waals surface area contributed by atoms with Gasteiger partial charge in [-0.3, -0.25) is 0 Å². The molecule has 0 aromatic heterocycles. The minimum atomic E-state index is 0.223. The third kappa shape index (κ3) is 2.13. The van der Waals surface area contributed by atoms with Crippen molar-refractivity contribution >= 4 is 5.69 Å². The lowest BCUT2D eigenvalue weighted by atomic mass is 9.99. The smallest absolute Gasteiger partial charge is 0.0510 e. The predicted octanol–water partition coefficient (Wildman–Crippen LogP) is 1.80. The fraction of sp³-hybridized carbons (Fsp3) is 0.600. The lowest BCUT2D eigenvalue weighted by Gasteiger charge is -2.30. The van der Waals surface area contributed by atoms with Gasteiger partial charge in [0.25, 0.3) is 0 Å². The van der Waals surface area contributed by atoms with Crippen LogP contribution in [-0.2, 0) is 11.2 Å². The van der Waals surface area contributed by atoms with E-state index >= 15 is 0 Å². The monoisotopic (exact) mass is 246 g/mol. The third-order valence-corrected chi connectivity index (χ3v) is 4.33. The maximum absolute atomic E-state index is 6.36. The first-order valence-electron chi connectivity index (χ1n) is 6.93. The van der Waals surface area contributed by atoms with Crippen molar-refractivity contribution in [2.24, 2.45) is 11.7 Å². The van der Waals surface area contributed by atoms with Crippen LogP contribution in [0.3, 0.4) is 0 Å². The van der Waals surface area contributed by atoms with Gasteiger partial charge in [0.15, 0.2) is 0 Å². The van der Waals surface area contributed by atoms with Crippen LogP contribution in [0.5, 0.6) is 0 Å². The molecule has 98 valence electrons. The number of benzene rings is 1. The first kappa shape index (κ1) is 12.0. The highest BCUT2D eigenvalue weighted by molar-refractivity contribution is 5.59. The fourth-order valence-corrected chi connectivity index (χ4v) is 3.17.